The zero-order valence-corrected chi connectivity index (χ0v) is 31.0. The Hall–Kier alpha value is -5.33. The smallest absolute Gasteiger partial charge is 0.313 e. The van der Waals surface area contributed by atoms with Gasteiger partial charge >= 0.3 is 17.9 Å². The van der Waals surface area contributed by atoms with Crippen molar-refractivity contribution < 1.29 is 53.0 Å². The zero-order valence-electron chi connectivity index (χ0n) is 27.8. The number of fused-ring (bicyclic) bond motifs is 1. The molecule has 0 saturated carbocycles. The fourth-order valence-corrected chi connectivity index (χ4v) is 8.99. The van der Waals surface area contributed by atoms with Crippen molar-refractivity contribution in [3.05, 3.63) is 39.8 Å². The van der Waals surface area contributed by atoms with E-state index in [0.29, 0.717) is 4.34 Å². The van der Waals surface area contributed by atoms with Crippen molar-refractivity contribution in [1.82, 2.24) is 36.2 Å². The minimum absolute atomic E-state index is 0.00625. The number of amides is 4. The number of hydrogen-bond acceptors (Lipinski definition) is 19. The molecule has 2 aromatic heterocycles. The molecule has 2 aliphatic heterocycles. The van der Waals surface area contributed by atoms with Crippen LogP contribution in [0, 0.1) is 12.3 Å². The number of β-lactam (4-membered cyclic amide) rings is 1. The number of rotatable bonds is 13. The highest BCUT2D eigenvalue weighted by Crippen LogP contribution is 2.44. The number of carbonyl (C=O) groups is 7. The summed E-state index contributed by atoms with van der Waals surface area (Å²) in [7, 11) is 0. The summed E-state index contributed by atoms with van der Waals surface area (Å²) < 4.78 is 10.6. The van der Waals surface area contributed by atoms with Gasteiger partial charge < -0.3 is 35.4 Å². The van der Waals surface area contributed by atoms with Crippen molar-refractivity contribution in [1.29, 1.82) is 0 Å². The summed E-state index contributed by atoms with van der Waals surface area (Å²) in [5.74, 6) is -5.58. The number of carboxylic acids is 1. The van der Waals surface area contributed by atoms with Crippen LogP contribution in [0.3, 0.4) is 0 Å². The van der Waals surface area contributed by atoms with Crippen molar-refractivity contribution in [2.24, 2.45) is 10.6 Å². The molecule has 3 atom stereocenters. The number of nitrogen functional groups attached to an aromatic ring is 1. The van der Waals surface area contributed by atoms with Gasteiger partial charge in [-0.1, -0.05) is 28.3 Å². The highest BCUT2D eigenvalue weighted by atomic mass is 32.2. The number of nitrogens with two attached hydrogens (primary N) is 1. The predicted octanol–water partition coefficient (Wildman–Crippen LogP) is 0.181. The van der Waals surface area contributed by atoms with Crippen LogP contribution >= 0.6 is 46.2 Å². The Kier molecular flexibility index (Phi) is 12.2. The standard InChI is InChI=1S/C29H29N9O11S4/c1-12-33-36-28(53-12)52-11-29(26(45)46)9-38-24(44)21(25(38)51-10-29)32-23(43)20(16-8-50-27(30)31-16)37-47-7-19(41)34-35-22(42)15-4-5-17(48-13(2)39)18(6-15)49-14(3)40/h4-6,8,21,25H,7,9-11H2,1-3H3,(H2,30,31)(H,32,43)(H,34,41)(H,35,42)(H,45,46)/t21?,25-,29?/m1/s1. The number of ether oxygens (including phenoxy) is 2. The number of esters is 2. The molecule has 0 bridgehead atoms. The van der Waals surface area contributed by atoms with Gasteiger partial charge in [0.25, 0.3) is 17.7 Å². The van der Waals surface area contributed by atoms with Gasteiger partial charge in [-0.2, -0.15) is 0 Å². The van der Waals surface area contributed by atoms with Crippen molar-refractivity contribution in [2.45, 2.75) is 36.5 Å². The number of anilines is 1. The van der Waals surface area contributed by atoms with Crippen molar-refractivity contribution in [3.63, 3.8) is 0 Å². The normalized spacial score (nSPS) is 19.3. The largest absolute Gasteiger partial charge is 0.481 e. The quantitative estimate of drug-likeness (QED) is 0.0385. The molecule has 4 amide bonds. The summed E-state index contributed by atoms with van der Waals surface area (Å²) in [6, 6.07) is 2.58. The van der Waals surface area contributed by atoms with E-state index >= 15 is 0 Å². The van der Waals surface area contributed by atoms with Gasteiger partial charge in [0.2, 0.25) is 5.91 Å². The molecule has 1 aromatic carbocycles. The van der Waals surface area contributed by atoms with E-state index < -0.39 is 70.7 Å². The molecule has 2 unspecified atom stereocenters. The lowest BCUT2D eigenvalue weighted by Gasteiger charge is -2.53. The molecule has 2 fully saturated rings. The minimum Gasteiger partial charge on any atom is -0.481 e. The summed E-state index contributed by atoms with van der Waals surface area (Å²) in [5, 5.41) is 26.1. The van der Waals surface area contributed by atoms with Crippen LogP contribution in [-0.2, 0) is 33.6 Å². The number of aromatic nitrogens is 3. The lowest BCUT2D eigenvalue weighted by Crippen LogP contribution is -2.74. The van der Waals surface area contributed by atoms with Crippen LogP contribution < -0.4 is 31.4 Å². The number of carboxylic acid groups (broad SMARTS) is 1. The third-order valence-electron chi connectivity index (χ3n) is 7.22. The van der Waals surface area contributed by atoms with Gasteiger partial charge in [-0.3, -0.25) is 44.4 Å². The number of thiazole rings is 1. The number of oxime groups is 1. The van der Waals surface area contributed by atoms with Crippen LogP contribution in [0.4, 0.5) is 5.13 Å². The summed E-state index contributed by atoms with van der Waals surface area (Å²) in [6.07, 6.45) is 0. The Labute approximate surface area is 315 Å². The monoisotopic (exact) mass is 807 g/mol. The molecular formula is C29H29N9O11S4. The lowest BCUT2D eigenvalue weighted by atomic mass is 9.89. The summed E-state index contributed by atoms with van der Waals surface area (Å²) in [4.78, 5) is 97.3. The first-order valence-corrected chi connectivity index (χ1v) is 18.8. The number of aliphatic carboxylic acids is 1. The van der Waals surface area contributed by atoms with Crippen LogP contribution in [-0.4, -0.2) is 109 Å². The molecule has 3 aromatic rings. The van der Waals surface area contributed by atoms with Crippen molar-refractivity contribution >= 4 is 98.6 Å². The van der Waals surface area contributed by atoms with Crippen LogP contribution in [0.1, 0.15) is 34.9 Å². The number of hydrogen-bond donors (Lipinski definition) is 5. The first-order chi connectivity index (χ1) is 25.2. The molecule has 0 aliphatic carbocycles. The number of aryl methyl sites for hydroxylation is 1. The van der Waals surface area contributed by atoms with Crippen molar-refractivity contribution in [2.75, 3.05) is 30.4 Å². The Morgan fingerprint density at radius 1 is 1.11 bits per heavy atom. The molecule has 2 saturated heterocycles. The second-order valence-corrected chi connectivity index (χ2v) is 15.6. The van der Waals surface area contributed by atoms with Crippen LogP contribution in [0.25, 0.3) is 0 Å². The molecular weight excluding hydrogens is 779 g/mol. The molecule has 5 rings (SSSR count). The second-order valence-electron chi connectivity index (χ2n) is 11.2. The summed E-state index contributed by atoms with van der Waals surface area (Å²) in [5.41, 5.74) is 8.22. The molecule has 24 heteroatoms. The number of thioether (sulfide) groups is 2. The maximum absolute atomic E-state index is 13.4. The topological polar surface area (TPSA) is 284 Å². The SMILES string of the molecule is CC(=O)Oc1ccc(C(=O)NNC(=O)CON=C(C(=O)NC2C(=O)N3CC(CSc4nnc(C)s4)(C(=O)O)CS[C@H]23)c2csc(N)n2)cc1OC(C)=O. The van der Waals surface area contributed by atoms with Crippen molar-refractivity contribution in [3.8, 4) is 11.5 Å². The number of nitrogens with one attached hydrogen (secondary N) is 3. The van der Waals surface area contributed by atoms with E-state index in [2.05, 4.69) is 36.5 Å². The fourth-order valence-electron chi connectivity index (χ4n) is 4.77. The number of benzene rings is 1. The molecule has 53 heavy (non-hydrogen) atoms. The average molecular weight is 808 g/mol. The molecule has 2 aliphatic rings. The third kappa shape index (κ3) is 9.37. The molecule has 4 heterocycles. The molecule has 20 nitrogen and oxygen atoms in total. The van der Waals surface area contributed by atoms with Crippen LogP contribution in [0.15, 0.2) is 33.1 Å². The Morgan fingerprint density at radius 2 is 1.85 bits per heavy atom. The van der Waals surface area contributed by atoms with Gasteiger partial charge in [0.15, 0.2) is 33.3 Å². The maximum Gasteiger partial charge on any atom is 0.313 e. The summed E-state index contributed by atoms with van der Waals surface area (Å²) in [6.45, 7) is 3.18. The van der Waals surface area contributed by atoms with E-state index in [1.807, 2.05) is 0 Å². The molecule has 6 N–H and O–H groups in total. The maximum atomic E-state index is 13.4. The van der Waals surface area contributed by atoms with E-state index in [0.717, 1.165) is 36.3 Å². The second kappa shape index (κ2) is 16.6. The van der Waals surface area contributed by atoms with Gasteiger partial charge in [-0.05, 0) is 25.1 Å². The lowest BCUT2D eigenvalue weighted by molar-refractivity contribution is -0.157. The predicted molar refractivity (Wildman–Crippen MR) is 189 cm³/mol. The Morgan fingerprint density at radius 3 is 2.49 bits per heavy atom. The number of nitrogens with zero attached hydrogens (tertiary/aromatic N) is 5. The first kappa shape index (κ1) is 38.9. The van der Waals surface area contributed by atoms with E-state index in [4.69, 9.17) is 20.0 Å². The third-order valence-corrected chi connectivity index (χ3v) is 11.7. The summed E-state index contributed by atoms with van der Waals surface area (Å²) >= 11 is 4.81. The van der Waals surface area contributed by atoms with Crippen LogP contribution in [0.2, 0.25) is 0 Å². The van der Waals surface area contributed by atoms with Gasteiger partial charge in [0.1, 0.15) is 27.5 Å². The fraction of sp³-hybridized carbons (Fsp3) is 0.345. The van der Waals surface area contributed by atoms with Crippen LogP contribution in [0.5, 0.6) is 11.5 Å². The highest BCUT2D eigenvalue weighted by molar-refractivity contribution is 8.01. The first-order valence-electron chi connectivity index (χ1n) is 15.1. The zero-order chi connectivity index (χ0) is 38.4. The van der Waals surface area contributed by atoms with E-state index in [-0.39, 0.29) is 45.9 Å². The number of hydrazine groups is 1. The van der Waals surface area contributed by atoms with Gasteiger partial charge in [0, 0.05) is 42.8 Å². The van der Waals surface area contributed by atoms with Gasteiger partial charge in [-0.15, -0.1) is 33.3 Å². The highest BCUT2D eigenvalue weighted by Gasteiger charge is 2.57. The Bertz CT molecular complexity index is 2000. The van der Waals surface area contributed by atoms with Gasteiger partial charge in [-0.25, -0.2) is 4.98 Å². The Balaban J connectivity index is 1.17. The number of carbonyl (C=O) groups excluding carboxylic acids is 6. The molecule has 280 valence electrons. The van der Waals surface area contributed by atoms with Gasteiger partial charge in [0.05, 0.1) is 0 Å². The molecule has 0 spiro atoms. The average Bonchev–Trinajstić information content (AvgIpc) is 3.74. The van der Waals surface area contributed by atoms with E-state index in [1.54, 1.807) is 6.92 Å². The molecule has 0 radical (unpaired) electrons. The van der Waals surface area contributed by atoms with E-state index in [9.17, 15) is 38.7 Å². The minimum atomic E-state index is -1.25. The van der Waals surface area contributed by atoms with E-state index in [1.165, 1.54) is 57.3 Å².